The van der Waals surface area contributed by atoms with Crippen LogP contribution >= 0.6 is 0 Å². The number of amides is 1. The van der Waals surface area contributed by atoms with E-state index in [-0.39, 0.29) is 23.8 Å². The second kappa shape index (κ2) is 7.70. The molecule has 23 heavy (non-hydrogen) atoms. The van der Waals surface area contributed by atoms with Crippen LogP contribution in [0.3, 0.4) is 0 Å². The minimum atomic E-state index is -0.827. The lowest BCUT2D eigenvalue weighted by atomic mass is 10.0. The molecule has 1 aromatic carbocycles. The number of hydrogen-bond donors (Lipinski definition) is 1. The molecule has 1 amide bonds. The number of hydrogen-bond acceptors (Lipinski definition) is 4. The summed E-state index contributed by atoms with van der Waals surface area (Å²) in [5, 5.41) is 2.78. The molecule has 1 aliphatic heterocycles. The van der Waals surface area contributed by atoms with Gasteiger partial charge in [-0.1, -0.05) is 0 Å². The quantitative estimate of drug-likeness (QED) is 0.861. The highest BCUT2D eigenvalue weighted by Gasteiger charge is 2.28. The van der Waals surface area contributed by atoms with Crippen LogP contribution in [-0.2, 0) is 9.53 Å². The second-order valence-electron chi connectivity index (χ2n) is 6.05. The fourth-order valence-corrected chi connectivity index (χ4v) is 2.38. The third-order valence-corrected chi connectivity index (χ3v) is 3.84. The molecule has 0 atom stereocenters. The Morgan fingerprint density at radius 2 is 2.04 bits per heavy atom. The fraction of sp³-hybridized carbons (Fsp3) is 0.562. The van der Waals surface area contributed by atoms with Crippen molar-refractivity contribution in [1.29, 1.82) is 0 Å². The topological polar surface area (TPSA) is 50.8 Å². The maximum Gasteiger partial charge on any atom is 0.258 e. The monoisotopic (exact) mass is 328 g/mol. The Kier molecular flexibility index (Phi) is 5.90. The van der Waals surface area contributed by atoms with Crippen LogP contribution in [0.4, 0.5) is 8.78 Å². The third kappa shape index (κ3) is 5.14. The first kappa shape index (κ1) is 17.6. The molecular weight excluding hydrogens is 306 g/mol. The number of carbonyl (C=O) groups is 1. The number of ether oxygens (including phenoxy) is 2. The lowest BCUT2D eigenvalue weighted by molar-refractivity contribution is -0.123. The van der Waals surface area contributed by atoms with Gasteiger partial charge in [-0.15, -0.1) is 0 Å². The van der Waals surface area contributed by atoms with Crippen LogP contribution < -0.4 is 10.1 Å². The number of nitrogens with zero attached hydrogens (tertiary/aromatic N) is 1. The highest BCUT2D eigenvalue weighted by atomic mass is 19.1. The SMILES string of the molecule is CC(C)(CNC(=O)COc1ccc(F)cc1F)N1CCOCC1. The summed E-state index contributed by atoms with van der Waals surface area (Å²) in [4.78, 5) is 14.1. The summed E-state index contributed by atoms with van der Waals surface area (Å²) in [6.07, 6.45) is 0. The standard InChI is InChI=1S/C16H22F2N2O3/c1-16(2,20-5-7-22-8-6-20)11-19-15(21)10-23-14-4-3-12(17)9-13(14)18/h3-4,9H,5-8,10-11H2,1-2H3,(H,19,21). The minimum Gasteiger partial charge on any atom is -0.481 e. The molecule has 0 spiro atoms. The van der Waals surface area contributed by atoms with Crippen LogP contribution in [-0.4, -0.2) is 55.8 Å². The van der Waals surface area contributed by atoms with Gasteiger partial charge in [-0.25, -0.2) is 8.78 Å². The highest BCUT2D eigenvalue weighted by Crippen LogP contribution is 2.17. The van der Waals surface area contributed by atoms with Crippen molar-refractivity contribution >= 4 is 5.91 Å². The van der Waals surface area contributed by atoms with E-state index in [4.69, 9.17) is 9.47 Å². The van der Waals surface area contributed by atoms with Crippen LogP contribution in [0.5, 0.6) is 5.75 Å². The Morgan fingerprint density at radius 3 is 2.70 bits per heavy atom. The summed E-state index contributed by atoms with van der Waals surface area (Å²) in [6, 6.07) is 2.96. The number of nitrogens with one attached hydrogen (secondary N) is 1. The van der Waals surface area contributed by atoms with Crippen LogP contribution in [0.25, 0.3) is 0 Å². The van der Waals surface area contributed by atoms with Crippen molar-refractivity contribution in [3.63, 3.8) is 0 Å². The van der Waals surface area contributed by atoms with Gasteiger partial charge in [0.2, 0.25) is 0 Å². The van der Waals surface area contributed by atoms with Crippen LogP contribution in [0.15, 0.2) is 18.2 Å². The number of rotatable bonds is 6. The van der Waals surface area contributed by atoms with Gasteiger partial charge in [0.1, 0.15) is 5.82 Å². The van der Waals surface area contributed by atoms with E-state index in [9.17, 15) is 13.6 Å². The summed E-state index contributed by atoms with van der Waals surface area (Å²) in [5.74, 6) is -2.01. The molecule has 1 fully saturated rings. The maximum absolute atomic E-state index is 13.4. The lowest BCUT2D eigenvalue weighted by Crippen LogP contribution is -2.55. The Labute approximate surface area is 134 Å². The van der Waals surface area contributed by atoms with Crippen LogP contribution in [0.2, 0.25) is 0 Å². The van der Waals surface area contributed by atoms with E-state index in [0.29, 0.717) is 19.8 Å². The zero-order valence-corrected chi connectivity index (χ0v) is 13.4. The van der Waals surface area contributed by atoms with E-state index < -0.39 is 11.6 Å². The predicted molar refractivity (Wildman–Crippen MR) is 81.3 cm³/mol. The van der Waals surface area contributed by atoms with Crippen molar-refractivity contribution in [1.82, 2.24) is 10.2 Å². The zero-order chi connectivity index (χ0) is 16.9. The first-order valence-corrected chi connectivity index (χ1v) is 7.56. The number of morpholine rings is 1. The van der Waals surface area contributed by atoms with E-state index in [1.807, 2.05) is 13.8 Å². The van der Waals surface area contributed by atoms with E-state index in [1.54, 1.807) is 0 Å². The summed E-state index contributed by atoms with van der Waals surface area (Å²) in [7, 11) is 0. The maximum atomic E-state index is 13.4. The van der Waals surface area contributed by atoms with Gasteiger partial charge >= 0.3 is 0 Å². The molecule has 0 unspecified atom stereocenters. The zero-order valence-electron chi connectivity index (χ0n) is 13.4. The van der Waals surface area contributed by atoms with Crippen molar-refractivity contribution in [2.24, 2.45) is 0 Å². The predicted octanol–water partition coefficient (Wildman–Crippen LogP) is 1.57. The summed E-state index contributed by atoms with van der Waals surface area (Å²) >= 11 is 0. The lowest BCUT2D eigenvalue weighted by Gasteiger charge is -2.40. The van der Waals surface area contributed by atoms with Crippen LogP contribution in [0, 0.1) is 11.6 Å². The van der Waals surface area contributed by atoms with Gasteiger partial charge < -0.3 is 14.8 Å². The molecule has 1 heterocycles. The van der Waals surface area contributed by atoms with Gasteiger partial charge in [0.25, 0.3) is 5.91 Å². The van der Waals surface area contributed by atoms with E-state index in [0.717, 1.165) is 31.3 Å². The second-order valence-corrected chi connectivity index (χ2v) is 6.05. The first-order chi connectivity index (χ1) is 10.9. The molecule has 1 aromatic rings. The molecule has 1 N–H and O–H groups in total. The van der Waals surface area contributed by atoms with E-state index in [1.165, 1.54) is 0 Å². The van der Waals surface area contributed by atoms with E-state index >= 15 is 0 Å². The first-order valence-electron chi connectivity index (χ1n) is 7.56. The third-order valence-electron chi connectivity index (χ3n) is 3.84. The minimum absolute atomic E-state index is 0.144. The molecule has 0 radical (unpaired) electrons. The van der Waals surface area contributed by atoms with Crippen molar-refractivity contribution < 1.29 is 23.0 Å². The van der Waals surface area contributed by atoms with Crippen molar-refractivity contribution in [2.75, 3.05) is 39.5 Å². The largest absolute Gasteiger partial charge is 0.481 e. The van der Waals surface area contributed by atoms with Gasteiger partial charge in [0.05, 0.1) is 13.2 Å². The van der Waals surface area contributed by atoms with Gasteiger partial charge in [-0.05, 0) is 26.0 Å². The molecule has 7 heteroatoms. The van der Waals surface area contributed by atoms with Gasteiger partial charge in [-0.2, -0.15) is 0 Å². The molecule has 2 rings (SSSR count). The highest BCUT2D eigenvalue weighted by molar-refractivity contribution is 5.77. The molecule has 0 saturated carbocycles. The van der Waals surface area contributed by atoms with E-state index in [2.05, 4.69) is 10.2 Å². The number of halogens is 2. The Hall–Kier alpha value is -1.73. The molecule has 5 nitrogen and oxygen atoms in total. The van der Waals surface area contributed by atoms with Gasteiger partial charge in [-0.3, -0.25) is 9.69 Å². The molecule has 0 aliphatic carbocycles. The van der Waals surface area contributed by atoms with Gasteiger partial charge in [0.15, 0.2) is 18.2 Å². The summed E-state index contributed by atoms with van der Waals surface area (Å²) < 4.78 is 36.6. The normalized spacial score (nSPS) is 16.2. The van der Waals surface area contributed by atoms with Crippen LogP contribution in [0.1, 0.15) is 13.8 Å². The van der Waals surface area contributed by atoms with Crippen molar-refractivity contribution in [3.8, 4) is 5.75 Å². The summed E-state index contributed by atoms with van der Waals surface area (Å²) in [6.45, 7) is 7.22. The average molecular weight is 328 g/mol. The Bertz CT molecular complexity index is 546. The average Bonchev–Trinajstić information content (AvgIpc) is 2.53. The van der Waals surface area contributed by atoms with Crippen molar-refractivity contribution in [3.05, 3.63) is 29.8 Å². The Morgan fingerprint density at radius 1 is 1.35 bits per heavy atom. The Balaban J connectivity index is 1.78. The molecule has 0 aromatic heterocycles. The molecule has 0 bridgehead atoms. The number of benzene rings is 1. The molecule has 128 valence electrons. The van der Waals surface area contributed by atoms with Crippen molar-refractivity contribution in [2.45, 2.75) is 19.4 Å². The van der Waals surface area contributed by atoms with Gasteiger partial charge in [0, 0.05) is 31.2 Å². The smallest absolute Gasteiger partial charge is 0.258 e. The number of carbonyl (C=O) groups excluding carboxylic acids is 1. The fourth-order valence-electron chi connectivity index (χ4n) is 2.38. The molecular formula is C16H22F2N2O3. The summed E-state index contributed by atoms with van der Waals surface area (Å²) in [5.41, 5.74) is -0.208. The molecule has 1 aliphatic rings. The molecule has 1 saturated heterocycles.